The summed E-state index contributed by atoms with van der Waals surface area (Å²) in [7, 11) is 0. The monoisotopic (exact) mass is 453 g/mol. The summed E-state index contributed by atoms with van der Waals surface area (Å²) in [5.74, 6) is -0.167. The molecule has 170 valence electrons. The number of hydrogen-bond acceptors (Lipinski definition) is 4. The molecule has 1 amide bonds. The summed E-state index contributed by atoms with van der Waals surface area (Å²) in [4.78, 5) is 30.6. The third kappa shape index (κ3) is 5.04. The number of aromatic nitrogens is 2. The number of fused-ring (bicyclic) bond motifs is 1. The lowest BCUT2D eigenvalue weighted by Gasteiger charge is -2.25. The van der Waals surface area contributed by atoms with Crippen molar-refractivity contribution in [3.8, 4) is 0 Å². The molecule has 2 heterocycles. The van der Waals surface area contributed by atoms with Gasteiger partial charge < -0.3 is 15.0 Å². The standard InChI is InChI=1S/C25H31N3O3S/c1-16(2)13-21(25(30)31)27-24(29)17-10-11-22-20(14-17)26-23(15-19-9-6-12-32-19)28(22)18-7-4-3-5-8-18/h6,9-12,14,16,18,21H,3-5,7-8,13,15H2,1-2H3,(H,27,29)(H,30,31). The van der Waals surface area contributed by atoms with Crippen LogP contribution < -0.4 is 5.32 Å². The van der Waals surface area contributed by atoms with Gasteiger partial charge in [0.05, 0.1) is 11.0 Å². The van der Waals surface area contributed by atoms with Crippen molar-refractivity contribution in [2.45, 2.75) is 70.9 Å². The molecule has 0 spiro atoms. The van der Waals surface area contributed by atoms with Crippen LogP contribution in [0.4, 0.5) is 0 Å². The van der Waals surface area contributed by atoms with E-state index in [4.69, 9.17) is 4.98 Å². The van der Waals surface area contributed by atoms with Crippen LogP contribution in [0, 0.1) is 5.92 Å². The predicted octanol–water partition coefficient (Wildman–Crippen LogP) is 5.42. The van der Waals surface area contributed by atoms with E-state index in [2.05, 4.69) is 27.4 Å². The Balaban J connectivity index is 1.66. The summed E-state index contributed by atoms with van der Waals surface area (Å²) < 4.78 is 2.38. The van der Waals surface area contributed by atoms with Crippen molar-refractivity contribution in [3.63, 3.8) is 0 Å². The molecule has 1 saturated carbocycles. The van der Waals surface area contributed by atoms with Crippen LogP contribution in [0.5, 0.6) is 0 Å². The van der Waals surface area contributed by atoms with Gasteiger partial charge in [-0.25, -0.2) is 9.78 Å². The minimum atomic E-state index is -1.01. The van der Waals surface area contributed by atoms with Crippen molar-refractivity contribution < 1.29 is 14.7 Å². The van der Waals surface area contributed by atoms with Gasteiger partial charge in [0.15, 0.2) is 0 Å². The third-order valence-electron chi connectivity index (χ3n) is 6.19. The topological polar surface area (TPSA) is 84.2 Å². The van der Waals surface area contributed by atoms with E-state index < -0.39 is 12.0 Å². The van der Waals surface area contributed by atoms with E-state index in [1.165, 1.54) is 24.1 Å². The van der Waals surface area contributed by atoms with Crippen molar-refractivity contribution in [3.05, 3.63) is 52.0 Å². The summed E-state index contributed by atoms with van der Waals surface area (Å²) in [5.41, 5.74) is 2.30. The van der Waals surface area contributed by atoms with Gasteiger partial charge in [-0.15, -0.1) is 11.3 Å². The van der Waals surface area contributed by atoms with Gasteiger partial charge in [0.25, 0.3) is 5.91 Å². The fourth-order valence-corrected chi connectivity index (χ4v) is 5.37. The van der Waals surface area contributed by atoms with Crippen LogP contribution in [0.1, 0.15) is 79.5 Å². The Morgan fingerprint density at radius 2 is 2.00 bits per heavy atom. The second kappa shape index (κ2) is 9.86. The summed E-state index contributed by atoms with van der Waals surface area (Å²) in [6.45, 7) is 3.89. The summed E-state index contributed by atoms with van der Waals surface area (Å²) >= 11 is 1.73. The molecular formula is C25H31N3O3S. The summed E-state index contributed by atoms with van der Waals surface area (Å²) in [5, 5.41) is 14.2. The highest BCUT2D eigenvalue weighted by molar-refractivity contribution is 7.09. The Morgan fingerprint density at radius 3 is 2.66 bits per heavy atom. The minimum absolute atomic E-state index is 0.171. The quantitative estimate of drug-likeness (QED) is 0.477. The molecule has 7 heteroatoms. The zero-order valence-corrected chi connectivity index (χ0v) is 19.5. The van der Waals surface area contributed by atoms with Gasteiger partial charge in [0, 0.05) is 22.9 Å². The van der Waals surface area contributed by atoms with Crippen molar-refractivity contribution in [2.24, 2.45) is 5.92 Å². The lowest BCUT2D eigenvalue weighted by molar-refractivity contribution is -0.139. The molecule has 0 aliphatic heterocycles. The molecule has 32 heavy (non-hydrogen) atoms. The van der Waals surface area contributed by atoms with E-state index >= 15 is 0 Å². The maximum atomic E-state index is 12.8. The molecule has 0 saturated heterocycles. The van der Waals surface area contributed by atoms with Gasteiger partial charge in [0.1, 0.15) is 11.9 Å². The number of nitrogens with zero attached hydrogens (tertiary/aromatic N) is 2. The Kier molecular flexibility index (Phi) is 6.94. The van der Waals surface area contributed by atoms with E-state index in [0.29, 0.717) is 18.0 Å². The molecular weight excluding hydrogens is 422 g/mol. The number of rotatable bonds is 8. The smallest absolute Gasteiger partial charge is 0.326 e. The first-order chi connectivity index (χ1) is 15.4. The van der Waals surface area contributed by atoms with E-state index in [1.54, 1.807) is 23.5 Å². The maximum Gasteiger partial charge on any atom is 0.326 e. The Morgan fingerprint density at radius 1 is 1.22 bits per heavy atom. The molecule has 6 nitrogen and oxygen atoms in total. The lowest BCUT2D eigenvalue weighted by Crippen LogP contribution is -2.41. The summed E-state index contributed by atoms with van der Waals surface area (Å²) in [6, 6.07) is 9.30. The van der Waals surface area contributed by atoms with Crippen LogP contribution in [-0.4, -0.2) is 32.6 Å². The van der Waals surface area contributed by atoms with E-state index in [0.717, 1.165) is 36.1 Å². The first-order valence-corrected chi connectivity index (χ1v) is 12.4. The number of carboxylic acids is 1. The number of imidazole rings is 1. The highest BCUT2D eigenvalue weighted by Crippen LogP contribution is 2.33. The number of hydrogen-bond donors (Lipinski definition) is 2. The molecule has 2 N–H and O–H groups in total. The maximum absolute atomic E-state index is 12.8. The van der Waals surface area contributed by atoms with Crippen LogP contribution in [0.25, 0.3) is 11.0 Å². The van der Waals surface area contributed by atoms with Crippen LogP contribution >= 0.6 is 11.3 Å². The second-order valence-electron chi connectivity index (χ2n) is 9.14. The molecule has 3 aromatic rings. The fraction of sp³-hybridized carbons (Fsp3) is 0.480. The lowest BCUT2D eigenvalue weighted by atomic mass is 9.95. The van der Waals surface area contributed by atoms with Gasteiger partial charge in [-0.3, -0.25) is 4.79 Å². The van der Waals surface area contributed by atoms with Gasteiger partial charge in [0.2, 0.25) is 0 Å². The number of thiophene rings is 1. The molecule has 1 fully saturated rings. The third-order valence-corrected chi connectivity index (χ3v) is 7.06. The first-order valence-electron chi connectivity index (χ1n) is 11.5. The van der Waals surface area contributed by atoms with Gasteiger partial charge in [-0.05, 0) is 54.8 Å². The number of amides is 1. The minimum Gasteiger partial charge on any atom is -0.480 e. The number of benzene rings is 1. The molecule has 1 unspecified atom stereocenters. The number of carbonyl (C=O) groups excluding carboxylic acids is 1. The second-order valence-corrected chi connectivity index (χ2v) is 10.2. The molecule has 1 aromatic carbocycles. The Hall–Kier alpha value is -2.67. The molecule has 0 radical (unpaired) electrons. The van der Waals surface area contributed by atoms with E-state index in [9.17, 15) is 14.7 Å². The van der Waals surface area contributed by atoms with Gasteiger partial charge in [-0.1, -0.05) is 39.2 Å². The van der Waals surface area contributed by atoms with Crippen LogP contribution in [-0.2, 0) is 11.2 Å². The van der Waals surface area contributed by atoms with Gasteiger partial charge >= 0.3 is 5.97 Å². The number of aliphatic carboxylic acids is 1. The highest BCUT2D eigenvalue weighted by atomic mass is 32.1. The number of carboxylic acid groups (broad SMARTS) is 1. The van der Waals surface area contributed by atoms with E-state index in [-0.39, 0.29) is 11.8 Å². The number of carbonyl (C=O) groups is 2. The van der Waals surface area contributed by atoms with Crippen LogP contribution in [0.3, 0.4) is 0 Å². The zero-order valence-electron chi connectivity index (χ0n) is 18.7. The Bertz CT molecular complexity index is 1080. The van der Waals surface area contributed by atoms with Gasteiger partial charge in [-0.2, -0.15) is 0 Å². The predicted molar refractivity (Wildman–Crippen MR) is 127 cm³/mol. The normalized spacial score (nSPS) is 15.8. The molecule has 1 atom stereocenters. The fourth-order valence-electron chi connectivity index (χ4n) is 4.66. The molecule has 4 rings (SSSR count). The highest BCUT2D eigenvalue weighted by Gasteiger charge is 2.24. The molecule has 2 aromatic heterocycles. The van der Waals surface area contributed by atoms with Crippen LogP contribution in [0.15, 0.2) is 35.7 Å². The summed E-state index contributed by atoms with van der Waals surface area (Å²) in [6.07, 6.45) is 7.23. The van der Waals surface area contributed by atoms with Crippen LogP contribution in [0.2, 0.25) is 0 Å². The first kappa shape index (κ1) is 22.5. The average molecular weight is 454 g/mol. The van der Waals surface area contributed by atoms with Crippen molar-refractivity contribution in [2.75, 3.05) is 0 Å². The van der Waals surface area contributed by atoms with E-state index in [1.807, 2.05) is 19.9 Å². The SMILES string of the molecule is CC(C)CC(NC(=O)c1ccc2c(c1)nc(Cc1cccs1)n2C1CCCCC1)C(=O)O. The van der Waals surface area contributed by atoms with Crippen molar-refractivity contribution >= 4 is 34.2 Å². The zero-order chi connectivity index (χ0) is 22.7. The molecule has 1 aliphatic rings. The molecule has 1 aliphatic carbocycles. The largest absolute Gasteiger partial charge is 0.480 e. The average Bonchev–Trinajstić information content (AvgIpc) is 3.40. The Labute approximate surface area is 192 Å². The number of nitrogens with one attached hydrogen (secondary N) is 1. The molecule has 0 bridgehead atoms. The van der Waals surface area contributed by atoms with Crippen molar-refractivity contribution in [1.82, 2.24) is 14.9 Å². The van der Waals surface area contributed by atoms with Crippen molar-refractivity contribution in [1.29, 1.82) is 0 Å².